The third kappa shape index (κ3) is 4.95. The van der Waals surface area contributed by atoms with Gasteiger partial charge in [-0.25, -0.2) is 4.79 Å². The number of phenols is 4. The highest BCUT2D eigenvalue weighted by atomic mass is 35.5. The molecule has 0 bridgehead atoms. The second-order valence-electron chi connectivity index (χ2n) is 4.82. The van der Waals surface area contributed by atoms with Crippen LogP contribution >= 0.6 is 11.6 Å². The molecule has 28 heavy (non-hydrogen) atoms. The van der Waals surface area contributed by atoms with Crippen LogP contribution in [0.2, 0.25) is 0 Å². The zero-order valence-corrected chi connectivity index (χ0v) is 14.0. The van der Waals surface area contributed by atoms with E-state index in [1.807, 2.05) is 0 Å². The number of hydrogen-bond donors (Lipinski definition) is 5. The summed E-state index contributed by atoms with van der Waals surface area (Å²) < 4.78 is 0. The molecule has 0 aliphatic carbocycles. The monoisotopic (exact) mass is 416 g/mol. The number of halogens is 1. The molecule has 2 aromatic carbocycles. The fourth-order valence-corrected chi connectivity index (χ4v) is 1.83. The molecule has 13 nitrogen and oxygen atoms in total. The van der Waals surface area contributed by atoms with Crippen molar-refractivity contribution in [3.8, 4) is 23.0 Å². The van der Waals surface area contributed by atoms with Crippen molar-refractivity contribution >= 4 is 34.2 Å². The number of nitro groups is 2. The Kier molecular flexibility index (Phi) is 6.65. The molecule has 0 saturated carbocycles. The van der Waals surface area contributed by atoms with Crippen molar-refractivity contribution in [2.75, 3.05) is 0 Å². The van der Waals surface area contributed by atoms with Gasteiger partial charge in [0.25, 0.3) is 5.24 Å². The number of aromatic carboxylic acids is 1. The first-order valence-corrected chi connectivity index (χ1v) is 7.08. The van der Waals surface area contributed by atoms with Crippen LogP contribution < -0.4 is 0 Å². The molecular weight excluding hydrogens is 408 g/mol. The van der Waals surface area contributed by atoms with Gasteiger partial charge in [0.15, 0.2) is 11.5 Å². The fraction of sp³-hybridized carbons (Fsp3) is 0. The molecule has 0 aliphatic heterocycles. The van der Waals surface area contributed by atoms with Gasteiger partial charge < -0.3 is 25.5 Å². The summed E-state index contributed by atoms with van der Waals surface area (Å²) >= 11 is 5.05. The van der Waals surface area contributed by atoms with Gasteiger partial charge in [-0.2, -0.15) is 0 Å². The van der Waals surface area contributed by atoms with Crippen LogP contribution in [0.3, 0.4) is 0 Å². The van der Waals surface area contributed by atoms with Crippen LogP contribution in [-0.2, 0) is 0 Å². The number of carbonyl (C=O) groups excluding carboxylic acids is 1. The highest BCUT2D eigenvalue weighted by Crippen LogP contribution is 2.37. The maximum Gasteiger partial charge on any atom is 0.336 e. The second-order valence-corrected chi connectivity index (χ2v) is 5.16. The van der Waals surface area contributed by atoms with Crippen molar-refractivity contribution in [2.45, 2.75) is 0 Å². The molecule has 0 aromatic heterocycles. The highest BCUT2D eigenvalue weighted by molar-refractivity contribution is 6.67. The summed E-state index contributed by atoms with van der Waals surface area (Å²) in [5.41, 5.74) is -2.34. The lowest BCUT2D eigenvalue weighted by Gasteiger charge is -2.00. The molecule has 0 heterocycles. The number of carbonyl (C=O) groups is 2. The third-order valence-corrected chi connectivity index (χ3v) is 3.22. The third-order valence-electron chi connectivity index (χ3n) is 3.01. The van der Waals surface area contributed by atoms with E-state index in [2.05, 4.69) is 0 Å². The first-order chi connectivity index (χ1) is 12.9. The molecule has 148 valence electrons. The smallest absolute Gasteiger partial charge is 0.336 e. The summed E-state index contributed by atoms with van der Waals surface area (Å²) in [5, 5.41) is 64.1. The van der Waals surface area contributed by atoms with E-state index in [0.29, 0.717) is 6.07 Å². The van der Waals surface area contributed by atoms with Crippen molar-refractivity contribution in [3.63, 3.8) is 0 Å². The van der Waals surface area contributed by atoms with Crippen LogP contribution in [-0.4, -0.2) is 46.6 Å². The highest BCUT2D eigenvalue weighted by Gasteiger charge is 2.21. The van der Waals surface area contributed by atoms with Gasteiger partial charge in [0.1, 0.15) is 0 Å². The Bertz CT molecular complexity index is 910. The Morgan fingerprint density at radius 1 is 0.786 bits per heavy atom. The predicted molar refractivity (Wildman–Crippen MR) is 90.0 cm³/mol. The number of carboxylic acids is 1. The van der Waals surface area contributed by atoms with Crippen molar-refractivity contribution in [1.82, 2.24) is 0 Å². The standard InChI is InChI=1S/C7H4ClNO5.C7H5NO6/c8-7(12)3-1-4(9(13)14)6(11)5(10)2-3;9-5-2-3(7(11)12)1-4(6(5)10)8(13)14/h1-2,10-11H;1-2,9-10H,(H,11,12). The molecule has 0 unspecified atom stereocenters. The number of nitrogens with zero attached hydrogens (tertiary/aromatic N) is 2. The summed E-state index contributed by atoms with van der Waals surface area (Å²) in [6.07, 6.45) is 0. The van der Waals surface area contributed by atoms with Gasteiger partial charge in [0, 0.05) is 17.7 Å². The van der Waals surface area contributed by atoms with Gasteiger partial charge in [-0.1, -0.05) is 0 Å². The average Bonchev–Trinajstić information content (AvgIpc) is 2.59. The van der Waals surface area contributed by atoms with Crippen molar-refractivity contribution in [2.24, 2.45) is 0 Å². The number of aromatic hydroxyl groups is 4. The van der Waals surface area contributed by atoms with Gasteiger partial charge >= 0.3 is 17.3 Å². The lowest BCUT2D eigenvalue weighted by molar-refractivity contribution is -0.386. The second kappa shape index (κ2) is 8.50. The van der Waals surface area contributed by atoms with Gasteiger partial charge in [0.2, 0.25) is 11.5 Å². The predicted octanol–water partition coefficient (Wildman–Crippen LogP) is 2.09. The van der Waals surface area contributed by atoms with Gasteiger partial charge in [-0.15, -0.1) is 0 Å². The Morgan fingerprint density at radius 2 is 1.14 bits per heavy atom. The summed E-state index contributed by atoms with van der Waals surface area (Å²) in [7, 11) is 0. The fourth-order valence-electron chi connectivity index (χ4n) is 1.72. The zero-order valence-electron chi connectivity index (χ0n) is 13.3. The van der Waals surface area contributed by atoms with Crippen LogP contribution in [0.15, 0.2) is 24.3 Å². The summed E-state index contributed by atoms with van der Waals surface area (Å²) in [6, 6.07) is 3.02. The summed E-state index contributed by atoms with van der Waals surface area (Å²) in [4.78, 5) is 39.8. The lowest BCUT2D eigenvalue weighted by atomic mass is 10.1. The summed E-state index contributed by atoms with van der Waals surface area (Å²) in [5.74, 6) is -4.86. The number of carboxylic acid groups (broad SMARTS) is 1. The Morgan fingerprint density at radius 3 is 1.46 bits per heavy atom. The van der Waals surface area contributed by atoms with E-state index in [1.54, 1.807) is 0 Å². The Balaban J connectivity index is 0.000000280. The number of phenolic OH excluding ortho intramolecular Hbond substituents is 4. The molecule has 0 amide bonds. The SMILES string of the molecule is O=C(Cl)c1cc(O)c(O)c([N+](=O)[O-])c1.O=C(O)c1cc(O)c(O)c([N+](=O)[O-])c1. The van der Waals surface area contributed by atoms with E-state index >= 15 is 0 Å². The van der Waals surface area contributed by atoms with Crippen LogP contribution in [0.5, 0.6) is 23.0 Å². The molecule has 0 saturated heterocycles. The van der Waals surface area contributed by atoms with Crippen LogP contribution in [0.1, 0.15) is 20.7 Å². The lowest BCUT2D eigenvalue weighted by Crippen LogP contribution is -1.98. The number of nitro benzene ring substituents is 2. The van der Waals surface area contributed by atoms with Crippen LogP contribution in [0.25, 0.3) is 0 Å². The van der Waals surface area contributed by atoms with Crippen LogP contribution in [0, 0.1) is 20.2 Å². The molecular formula is C14H9ClN2O11. The molecule has 0 spiro atoms. The minimum Gasteiger partial charge on any atom is -0.504 e. The summed E-state index contributed by atoms with van der Waals surface area (Å²) in [6.45, 7) is 0. The zero-order chi connectivity index (χ0) is 21.8. The van der Waals surface area contributed by atoms with Gasteiger partial charge in [-0.3, -0.25) is 25.0 Å². The average molecular weight is 417 g/mol. The molecule has 0 radical (unpaired) electrons. The largest absolute Gasteiger partial charge is 0.504 e. The number of rotatable bonds is 4. The topological polar surface area (TPSA) is 222 Å². The van der Waals surface area contributed by atoms with E-state index in [1.165, 1.54) is 0 Å². The van der Waals surface area contributed by atoms with Crippen molar-refractivity contribution in [3.05, 3.63) is 55.6 Å². The van der Waals surface area contributed by atoms with E-state index in [0.717, 1.165) is 18.2 Å². The van der Waals surface area contributed by atoms with E-state index < -0.39 is 61.0 Å². The molecule has 2 aromatic rings. The van der Waals surface area contributed by atoms with E-state index in [9.17, 15) is 29.8 Å². The minimum atomic E-state index is -1.43. The van der Waals surface area contributed by atoms with Crippen LogP contribution in [0.4, 0.5) is 11.4 Å². The number of benzene rings is 2. The maximum absolute atomic E-state index is 10.6. The van der Waals surface area contributed by atoms with E-state index in [4.69, 9.17) is 37.1 Å². The molecule has 0 atom stereocenters. The molecule has 0 fully saturated rings. The Labute approximate surface area is 158 Å². The molecule has 5 N–H and O–H groups in total. The Hall–Kier alpha value is -4.13. The molecule has 2 rings (SSSR count). The number of hydrogen-bond acceptors (Lipinski definition) is 10. The first kappa shape index (κ1) is 21.9. The van der Waals surface area contributed by atoms with Gasteiger partial charge in [-0.05, 0) is 23.7 Å². The first-order valence-electron chi connectivity index (χ1n) is 6.70. The molecule has 14 heteroatoms. The van der Waals surface area contributed by atoms with Crippen molar-refractivity contribution < 1.29 is 45.0 Å². The maximum atomic E-state index is 10.6. The quantitative estimate of drug-likeness (QED) is 0.210. The van der Waals surface area contributed by atoms with Crippen molar-refractivity contribution in [1.29, 1.82) is 0 Å². The van der Waals surface area contributed by atoms with E-state index in [-0.39, 0.29) is 5.56 Å². The normalized spacial score (nSPS) is 9.75. The minimum absolute atomic E-state index is 0.256. The molecule has 0 aliphatic rings. The van der Waals surface area contributed by atoms with Gasteiger partial charge in [0.05, 0.1) is 15.4 Å².